The van der Waals surface area contributed by atoms with Gasteiger partial charge in [0.25, 0.3) is 0 Å². The summed E-state index contributed by atoms with van der Waals surface area (Å²) < 4.78 is 4.71. The first-order valence-corrected chi connectivity index (χ1v) is 4.21. The van der Waals surface area contributed by atoms with Gasteiger partial charge in [-0.25, -0.2) is 0 Å². The van der Waals surface area contributed by atoms with Crippen LogP contribution in [0.5, 0.6) is 0 Å². The molecule has 0 amide bonds. The zero-order chi connectivity index (χ0) is 8.53. The molecule has 0 aromatic carbocycles. The van der Waals surface area contributed by atoms with Gasteiger partial charge in [-0.05, 0) is 12.8 Å². The Morgan fingerprint density at radius 2 is 2.17 bits per heavy atom. The van der Waals surface area contributed by atoms with E-state index in [0.29, 0.717) is 6.61 Å². The van der Waals surface area contributed by atoms with Crippen molar-refractivity contribution in [3.8, 4) is 0 Å². The molecule has 1 aliphatic heterocycles. The summed E-state index contributed by atoms with van der Waals surface area (Å²) in [5, 5.41) is 16.6. The van der Waals surface area contributed by atoms with Crippen molar-refractivity contribution in [2.75, 3.05) is 13.2 Å². The summed E-state index contributed by atoms with van der Waals surface area (Å²) in [6.07, 6.45) is 3.42. The van der Waals surface area contributed by atoms with Crippen LogP contribution in [0.1, 0.15) is 32.6 Å². The van der Waals surface area contributed by atoms with Gasteiger partial charge < -0.3 is 14.9 Å². The number of rotatable bonds is 2. The van der Waals surface area contributed by atoms with E-state index in [4.69, 9.17) is 14.9 Å². The molecule has 0 saturated carbocycles. The van der Waals surface area contributed by atoms with Crippen LogP contribution in [0.4, 0.5) is 0 Å². The summed E-state index contributed by atoms with van der Waals surface area (Å²) >= 11 is 0. The van der Waals surface area contributed by atoms with Crippen molar-refractivity contribution in [1.82, 2.24) is 0 Å². The third kappa shape index (κ3) is 11.0. The van der Waals surface area contributed by atoms with Crippen LogP contribution in [-0.4, -0.2) is 29.7 Å². The van der Waals surface area contributed by atoms with Crippen molar-refractivity contribution < 1.29 is 47.7 Å². The first-order valence-electron chi connectivity index (χ1n) is 4.21. The van der Waals surface area contributed by atoms with E-state index in [1.165, 1.54) is 0 Å². The molecule has 2 N–H and O–H groups in total. The minimum Gasteiger partial charge on any atom is -0.396 e. The average Bonchev–Trinajstić information content (AvgIpc) is 2.43. The second-order valence-corrected chi connectivity index (χ2v) is 2.54. The number of aliphatic hydroxyl groups is 2. The van der Waals surface area contributed by atoms with Gasteiger partial charge in [0.15, 0.2) is 6.29 Å². The fourth-order valence-corrected chi connectivity index (χ4v) is 0.719. The maximum absolute atomic E-state index is 8.51. The van der Waals surface area contributed by atoms with E-state index in [2.05, 4.69) is 6.92 Å². The minimum atomic E-state index is -0.454. The van der Waals surface area contributed by atoms with Gasteiger partial charge >= 0.3 is 0 Å². The van der Waals surface area contributed by atoms with Gasteiger partial charge in [0.1, 0.15) is 0 Å². The Morgan fingerprint density at radius 1 is 1.50 bits per heavy atom. The zero-order valence-corrected chi connectivity index (χ0v) is 10.5. The summed E-state index contributed by atoms with van der Waals surface area (Å²) in [7, 11) is 0. The van der Waals surface area contributed by atoms with Crippen molar-refractivity contribution >= 4 is 0 Å². The monoisotopic (exact) mass is 251 g/mol. The molecule has 0 aromatic heterocycles. The number of hydrogen-bond donors (Lipinski definition) is 2. The van der Waals surface area contributed by atoms with Gasteiger partial charge in [0.05, 0.1) is 0 Å². The molecular weight excluding hydrogens is 233 g/mol. The molecule has 1 saturated heterocycles. The zero-order valence-electron chi connectivity index (χ0n) is 7.70. The van der Waals surface area contributed by atoms with Crippen molar-refractivity contribution in [1.29, 1.82) is 0 Å². The van der Waals surface area contributed by atoms with Gasteiger partial charge in [0, 0.05) is 52.3 Å². The second-order valence-electron chi connectivity index (χ2n) is 2.54. The van der Waals surface area contributed by atoms with Crippen molar-refractivity contribution in [3.63, 3.8) is 0 Å². The number of aliphatic hydroxyl groups excluding tert-OH is 2. The molecular formula is C8H18O3Y. The summed E-state index contributed by atoms with van der Waals surface area (Å²) in [5.41, 5.74) is 0. The molecule has 1 aliphatic rings. The predicted octanol–water partition coefficient (Wildman–Crippen LogP) is 0.892. The largest absolute Gasteiger partial charge is 0.396 e. The molecule has 1 radical (unpaired) electrons. The summed E-state index contributed by atoms with van der Waals surface area (Å²) in [6, 6.07) is 0. The third-order valence-electron chi connectivity index (χ3n) is 1.42. The van der Waals surface area contributed by atoms with Gasteiger partial charge in [-0.15, -0.1) is 0 Å². The summed E-state index contributed by atoms with van der Waals surface area (Å²) in [6.45, 7) is 3.13. The molecule has 4 heteroatoms. The molecule has 12 heavy (non-hydrogen) atoms. The normalized spacial score (nSPS) is 20.8. The quantitative estimate of drug-likeness (QED) is 0.766. The van der Waals surface area contributed by atoms with Crippen molar-refractivity contribution in [2.24, 2.45) is 0 Å². The first-order chi connectivity index (χ1) is 5.31. The van der Waals surface area contributed by atoms with Crippen LogP contribution in [-0.2, 0) is 37.4 Å². The molecule has 1 heterocycles. The maximum Gasteiger partial charge on any atom is 0.154 e. The van der Waals surface area contributed by atoms with Crippen LogP contribution >= 0.6 is 0 Å². The molecule has 71 valence electrons. The second kappa shape index (κ2) is 12.0. The molecule has 0 aliphatic carbocycles. The molecule has 0 spiro atoms. The topological polar surface area (TPSA) is 49.7 Å². The van der Waals surface area contributed by atoms with Crippen LogP contribution in [0.25, 0.3) is 0 Å². The molecule has 1 fully saturated rings. The molecule has 1 atom stereocenters. The van der Waals surface area contributed by atoms with E-state index < -0.39 is 6.29 Å². The number of hydrogen-bond acceptors (Lipinski definition) is 3. The maximum atomic E-state index is 8.51. The van der Waals surface area contributed by atoms with Crippen LogP contribution < -0.4 is 0 Å². The van der Waals surface area contributed by atoms with E-state index in [-0.39, 0.29) is 32.7 Å². The van der Waals surface area contributed by atoms with E-state index >= 15 is 0 Å². The molecule has 1 rings (SSSR count). The average molecular weight is 251 g/mol. The Hall–Kier alpha value is 0.984. The Labute approximate surface area is 99.4 Å². The molecule has 1 unspecified atom stereocenters. The molecule has 0 aromatic rings. The van der Waals surface area contributed by atoms with Gasteiger partial charge in [-0.3, -0.25) is 0 Å². The van der Waals surface area contributed by atoms with Gasteiger partial charge in [-0.2, -0.15) is 0 Å². The van der Waals surface area contributed by atoms with Crippen LogP contribution in [0, 0.1) is 0 Å². The van der Waals surface area contributed by atoms with Crippen molar-refractivity contribution in [2.45, 2.75) is 38.9 Å². The Balaban J connectivity index is 0. The summed E-state index contributed by atoms with van der Waals surface area (Å²) in [5.74, 6) is 0. The fourth-order valence-electron chi connectivity index (χ4n) is 0.719. The van der Waals surface area contributed by atoms with Crippen molar-refractivity contribution in [3.05, 3.63) is 0 Å². The van der Waals surface area contributed by atoms with Crippen LogP contribution in [0.2, 0.25) is 0 Å². The van der Waals surface area contributed by atoms with Crippen LogP contribution in [0.15, 0.2) is 0 Å². The van der Waals surface area contributed by atoms with E-state index in [0.717, 1.165) is 32.3 Å². The van der Waals surface area contributed by atoms with E-state index in [1.807, 2.05) is 0 Å². The smallest absolute Gasteiger partial charge is 0.154 e. The fraction of sp³-hybridized carbons (Fsp3) is 1.00. The summed E-state index contributed by atoms with van der Waals surface area (Å²) in [4.78, 5) is 0. The predicted molar refractivity (Wildman–Crippen MR) is 43.2 cm³/mol. The standard InChI is InChI=1S/C4H8O2.C4H10O.Y/c5-4-2-1-3-6-4;1-2-3-4-5;/h4-5H,1-3H2;5H,2-4H2,1H3;. The number of ether oxygens (including phenoxy) is 1. The molecule has 3 nitrogen and oxygen atoms in total. The Morgan fingerprint density at radius 3 is 2.25 bits per heavy atom. The van der Waals surface area contributed by atoms with Crippen LogP contribution in [0.3, 0.4) is 0 Å². The first kappa shape index (κ1) is 15.5. The third-order valence-corrected chi connectivity index (χ3v) is 1.42. The van der Waals surface area contributed by atoms with Gasteiger partial charge in [0.2, 0.25) is 0 Å². The van der Waals surface area contributed by atoms with E-state index in [1.54, 1.807) is 0 Å². The van der Waals surface area contributed by atoms with Gasteiger partial charge in [-0.1, -0.05) is 13.3 Å². The Bertz CT molecular complexity index is 72.7. The Kier molecular flexibility index (Phi) is 15.4. The SMILES string of the molecule is CCCCO.OC1CCCO1.[Y]. The molecule has 0 bridgehead atoms. The minimum absolute atomic E-state index is 0. The number of unbranched alkanes of at least 4 members (excludes halogenated alkanes) is 1. The van der Waals surface area contributed by atoms with E-state index in [9.17, 15) is 0 Å².